The molecule has 0 aliphatic carbocycles. The Morgan fingerprint density at radius 1 is 1.33 bits per heavy atom. The standard InChI is InChI=1S/C9H8Br2F3N/c10-4-3-7(9(12,13)14)6-1-2-8(11)15-5-6/h1-2,5,7H,3-4H2. The number of hydrogen-bond donors (Lipinski definition) is 0. The third-order valence-corrected chi connectivity index (χ3v) is 2.87. The summed E-state index contributed by atoms with van der Waals surface area (Å²) >= 11 is 6.11. The molecular formula is C9H8Br2F3N. The van der Waals surface area contributed by atoms with Gasteiger partial charge in [0.1, 0.15) is 4.60 Å². The molecule has 1 rings (SSSR count). The van der Waals surface area contributed by atoms with Gasteiger partial charge in [-0.15, -0.1) is 0 Å². The van der Waals surface area contributed by atoms with Crippen LogP contribution in [-0.2, 0) is 0 Å². The van der Waals surface area contributed by atoms with Gasteiger partial charge in [-0.05, 0) is 34.0 Å². The van der Waals surface area contributed by atoms with Gasteiger partial charge >= 0.3 is 6.18 Å². The van der Waals surface area contributed by atoms with E-state index in [1.165, 1.54) is 18.3 Å². The summed E-state index contributed by atoms with van der Waals surface area (Å²) in [7, 11) is 0. The lowest BCUT2D eigenvalue weighted by atomic mass is 9.98. The molecule has 0 radical (unpaired) electrons. The highest BCUT2D eigenvalue weighted by Crippen LogP contribution is 2.37. The lowest BCUT2D eigenvalue weighted by Crippen LogP contribution is -2.21. The van der Waals surface area contributed by atoms with Crippen molar-refractivity contribution in [3.63, 3.8) is 0 Å². The zero-order valence-electron chi connectivity index (χ0n) is 7.56. The number of rotatable bonds is 3. The van der Waals surface area contributed by atoms with Gasteiger partial charge in [0.25, 0.3) is 0 Å². The van der Waals surface area contributed by atoms with Crippen molar-refractivity contribution in [2.45, 2.75) is 18.5 Å². The summed E-state index contributed by atoms with van der Waals surface area (Å²) < 4.78 is 38.4. The minimum absolute atomic E-state index is 0.0206. The van der Waals surface area contributed by atoms with E-state index >= 15 is 0 Å². The fourth-order valence-corrected chi connectivity index (χ4v) is 1.91. The van der Waals surface area contributed by atoms with Crippen molar-refractivity contribution in [1.82, 2.24) is 4.98 Å². The lowest BCUT2D eigenvalue weighted by molar-refractivity contribution is -0.150. The molecule has 15 heavy (non-hydrogen) atoms. The minimum atomic E-state index is -4.22. The summed E-state index contributed by atoms with van der Waals surface area (Å²) in [6.45, 7) is 0. The smallest absolute Gasteiger partial charge is 0.249 e. The molecule has 0 fully saturated rings. The van der Waals surface area contributed by atoms with Crippen LogP contribution in [0.25, 0.3) is 0 Å². The summed E-state index contributed by atoms with van der Waals surface area (Å²) in [4.78, 5) is 3.80. The highest BCUT2D eigenvalue weighted by molar-refractivity contribution is 9.10. The molecule has 0 amide bonds. The van der Waals surface area contributed by atoms with E-state index in [2.05, 4.69) is 36.8 Å². The van der Waals surface area contributed by atoms with Gasteiger partial charge in [-0.25, -0.2) is 4.98 Å². The second-order valence-electron chi connectivity index (χ2n) is 2.99. The van der Waals surface area contributed by atoms with Crippen LogP contribution in [0.15, 0.2) is 22.9 Å². The van der Waals surface area contributed by atoms with Gasteiger partial charge in [-0.1, -0.05) is 22.0 Å². The molecule has 0 saturated carbocycles. The predicted octanol–water partition coefficient (Wildman–Crippen LogP) is 4.28. The van der Waals surface area contributed by atoms with E-state index in [-0.39, 0.29) is 12.0 Å². The summed E-state index contributed by atoms with van der Waals surface area (Å²) in [5, 5.41) is 0.313. The molecule has 1 atom stereocenters. The Morgan fingerprint density at radius 2 is 2.00 bits per heavy atom. The molecule has 0 spiro atoms. The third-order valence-electron chi connectivity index (χ3n) is 1.95. The molecular weight excluding hydrogens is 339 g/mol. The fourth-order valence-electron chi connectivity index (χ4n) is 1.22. The molecule has 1 unspecified atom stereocenters. The van der Waals surface area contributed by atoms with Crippen molar-refractivity contribution in [2.75, 3.05) is 5.33 Å². The first-order valence-corrected chi connectivity index (χ1v) is 6.10. The zero-order chi connectivity index (χ0) is 11.5. The Labute approximate surface area is 102 Å². The van der Waals surface area contributed by atoms with Gasteiger partial charge in [0, 0.05) is 11.5 Å². The monoisotopic (exact) mass is 345 g/mol. The van der Waals surface area contributed by atoms with E-state index in [4.69, 9.17) is 0 Å². The zero-order valence-corrected chi connectivity index (χ0v) is 10.7. The van der Waals surface area contributed by atoms with Crippen LogP contribution in [0.4, 0.5) is 13.2 Å². The number of aromatic nitrogens is 1. The molecule has 6 heteroatoms. The summed E-state index contributed by atoms with van der Waals surface area (Å²) in [5.41, 5.74) is 0.199. The molecule has 0 aromatic carbocycles. The lowest BCUT2D eigenvalue weighted by Gasteiger charge is -2.19. The van der Waals surface area contributed by atoms with Crippen LogP contribution in [0.3, 0.4) is 0 Å². The van der Waals surface area contributed by atoms with E-state index in [9.17, 15) is 13.2 Å². The topological polar surface area (TPSA) is 12.9 Å². The predicted molar refractivity (Wildman–Crippen MR) is 59.1 cm³/mol. The van der Waals surface area contributed by atoms with Crippen LogP contribution in [0.1, 0.15) is 17.9 Å². The van der Waals surface area contributed by atoms with Crippen LogP contribution in [-0.4, -0.2) is 16.5 Å². The maximum atomic E-state index is 12.6. The van der Waals surface area contributed by atoms with Crippen LogP contribution < -0.4 is 0 Å². The molecule has 1 aromatic heterocycles. The van der Waals surface area contributed by atoms with Gasteiger partial charge in [-0.3, -0.25) is 0 Å². The van der Waals surface area contributed by atoms with Crippen molar-refractivity contribution in [3.8, 4) is 0 Å². The maximum Gasteiger partial charge on any atom is 0.395 e. The minimum Gasteiger partial charge on any atom is -0.249 e. The highest BCUT2D eigenvalue weighted by Gasteiger charge is 2.40. The van der Waals surface area contributed by atoms with Gasteiger partial charge in [0.05, 0.1) is 5.92 Å². The summed E-state index contributed by atoms with van der Waals surface area (Å²) in [6, 6.07) is 2.96. The van der Waals surface area contributed by atoms with E-state index in [1.54, 1.807) is 0 Å². The second kappa shape index (κ2) is 5.30. The normalized spacial score (nSPS) is 13.9. The van der Waals surface area contributed by atoms with Gasteiger partial charge in [0.15, 0.2) is 0 Å². The van der Waals surface area contributed by atoms with E-state index in [1.807, 2.05) is 0 Å². The maximum absolute atomic E-state index is 12.6. The largest absolute Gasteiger partial charge is 0.395 e. The van der Waals surface area contributed by atoms with Gasteiger partial charge < -0.3 is 0 Å². The Balaban J connectivity index is 2.94. The number of halogens is 5. The second-order valence-corrected chi connectivity index (χ2v) is 4.59. The van der Waals surface area contributed by atoms with Gasteiger partial charge in [0.2, 0.25) is 0 Å². The first kappa shape index (κ1) is 13.0. The fraction of sp³-hybridized carbons (Fsp3) is 0.444. The molecule has 1 aromatic rings. The molecule has 0 aliphatic heterocycles. The quantitative estimate of drug-likeness (QED) is 0.588. The first-order chi connectivity index (χ1) is 6.95. The summed E-state index contributed by atoms with van der Waals surface area (Å²) in [6.07, 6.45) is -2.94. The summed E-state index contributed by atoms with van der Waals surface area (Å²) in [5.74, 6) is -1.45. The molecule has 84 valence electrons. The van der Waals surface area contributed by atoms with Crippen LogP contribution in [0, 0.1) is 0 Å². The Kier molecular flexibility index (Phi) is 4.58. The number of hydrogen-bond acceptors (Lipinski definition) is 1. The van der Waals surface area contributed by atoms with Crippen LogP contribution in [0.5, 0.6) is 0 Å². The molecule has 0 bridgehead atoms. The third kappa shape index (κ3) is 3.75. The number of alkyl halides is 4. The first-order valence-electron chi connectivity index (χ1n) is 4.19. The SMILES string of the molecule is FC(F)(F)C(CCBr)c1ccc(Br)nc1. The van der Waals surface area contributed by atoms with E-state index in [0.29, 0.717) is 9.93 Å². The number of nitrogens with zero attached hydrogens (tertiary/aromatic N) is 1. The van der Waals surface area contributed by atoms with Crippen LogP contribution >= 0.6 is 31.9 Å². The van der Waals surface area contributed by atoms with Crippen molar-refractivity contribution in [1.29, 1.82) is 0 Å². The molecule has 0 aliphatic rings. The van der Waals surface area contributed by atoms with Crippen molar-refractivity contribution in [2.24, 2.45) is 0 Å². The molecule has 0 saturated heterocycles. The van der Waals surface area contributed by atoms with E-state index < -0.39 is 12.1 Å². The van der Waals surface area contributed by atoms with E-state index in [0.717, 1.165) is 0 Å². The Morgan fingerprint density at radius 3 is 2.40 bits per heavy atom. The molecule has 0 N–H and O–H groups in total. The average molecular weight is 347 g/mol. The van der Waals surface area contributed by atoms with Crippen molar-refractivity contribution in [3.05, 3.63) is 28.5 Å². The Bertz CT molecular complexity index is 310. The van der Waals surface area contributed by atoms with Crippen LogP contribution in [0.2, 0.25) is 0 Å². The van der Waals surface area contributed by atoms with Gasteiger partial charge in [-0.2, -0.15) is 13.2 Å². The average Bonchev–Trinajstić information content (AvgIpc) is 2.14. The molecule has 1 heterocycles. The number of pyridine rings is 1. The van der Waals surface area contributed by atoms with Crippen molar-refractivity contribution >= 4 is 31.9 Å². The Hall–Kier alpha value is -0.100. The molecule has 1 nitrogen and oxygen atoms in total. The van der Waals surface area contributed by atoms with Crippen molar-refractivity contribution < 1.29 is 13.2 Å². The highest BCUT2D eigenvalue weighted by atomic mass is 79.9.